The molecule has 2 unspecified atom stereocenters. The summed E-state index contributed by atoms with van der Waals surface area (Å²) in [5.74, 6) is -0.394. The lowest BCUT2D eigenvalue weighted by molar-refractivity contribution is -0.134. The van der Waals surface area contributed by atoms with E-state index in [1.54, 1.807) is 13.0 Å². The first-order valence-electron chi connectivity index (χ1n) is 6.17. The highest BCUT2D eigenvalue weighted by Gasteiger charge is 2.02. The van der Waals surface area contributed by atoms with E-state index in [1.165, 1.54) is 13.2 Å². The second-order valence-electron chi connectivity index (χ2n) is 4.30. The number of unbranched alkanes of at least 4 members (excludes halogenated alkanes) is 2. The Kier molecular flexibility index (Phi) is 9.77. The summed E-state index contributed by atoms with van der Waals surface area (Å²) in [6, 6.07) is 0. The van der Waals surface area contributed by atoms with E-state index in [-0.39, 0.29) is 6.10 Å². The number of aliphatic hydroxyl groups is 2. The minimum Gasteiger partial charge on any atom is -0.466 e. The molecule has 0 aromatic carbocycles. The Hall–Kier alpha value is -0.870. The Morgan fingerprint density at radius 2 is 1.88 bits per heavy atom. The van der Waals surface area contributed by atoms with Crippen LogP contribution in [0.3, 0.4) is 0 Å². The SMILES string of the molecule is COC(=O)C=CCC(O)CCCCCC(C)O. The second kappa shape index (κ2) is 10.3. The molecular weight excluding hydrogens is 220 g/mol. The summed E-state index contributed by atoms with van der Waals surface area (Å²) in [5.41, 5.74) is 0. The predicted molar refractivity (Wildman–Crippen MR) is 66.5 cm³/mol. The summed E-state index contributed by atoms with van der Waals surface area (Å²) >= 11 is 0. The van der Waals surface area contributed by atoms with Crippen molar-refractivity contribution in [2.24, 2.45) is 0 Å². The smallest absolute Gasteiger partial charge is 0.330 e. The molecule has 0 saturated heterocycles. The zero-order valence-electron chi connectivity index (χ0n) is 10.8. The molecule has 0 aliphatic rings. The van der Waals surface area contributed by atoms with Gasteiger partial charge in [0.2, 0.25) is 0 Å². The first kappa shape index (κ1) is 16.1. The fourth-order valence-electron chi connectivity index (χ4n) is 1.50. The predicted octanol–water partition coefficient (Wildman–Crippen LogP) is 1.80. The van der Waals surface area contributed by atoms with Crippen molar-refractivity contribution >= 4 is 5.97 Å². The zero-order chi connectivity index (χ0) is 13.1. The quantitative estimate of drug-likeness (QED) is 0.369. The number of aliphatic hydroxyl groups excluding tert-OH is 2. The van der Waals surface area contributed by atoms with E-state index in [9.17, 15) is 9.90 Å². The molecule has 0 radical (unpaired) electrons. The molecule has 0 aromatic heterocycles. The van der Waals surface area contributed by atoms with Gasteiger partial charge in [-0.1, -0.05) is 25.3 Å². The van der Waals surface area contributed by atoms with E-state index in [2.05, 4.69) is 4.74 Å². The van der Waals surface area contributed by atoms with Gasteiger partial charge in [0.05, 0.1) is 19.3 Å². The van der Waals surface area contributed by atoms with Crippen LogP contribution >= 0.6 is 0 Å². The molecule has 4 nitrogen and oxygen atoms in total. The van der Waals surface area contributed by atoms with Gasteiger partial charge in [-0.15, -0.1) is 0 Å². The molecule has 0 aliphatic carbocycles. The molecule has 2 N–H and O–H groups in total. The highest BCUT2D eigenvalue weighted by molar-refractivity contribution is 5.81. The largest absolute Gasteiger partial charge is 0.466 e. The zero-order valence-corrected chi connectivity index (χ0v) is 10.8. The van der Waals surface area contributed by atoms with Crippen molar-refractivity contribution in [3.05, 3.63) is 12.2 Å². The van der Waals surface area contributed by atoms with Crippen LogP contribution in [-0.2, 0) is 9.53 Å². The van der Waals surface area contributed by atoms with E-state index in [1.807, 2.05) is 0 Å². The molecule has 0 aromatic rings. The van der Waals surface area contributed by atoms with Crippen LogP contribution in [0.1, 0.15) is 45.4 Å². The van der Waals surface area contributed by atoms with Crippen molar-refractivity contribution in [2.45, 2.75) is 57.7 Å². The van der Waals surface area contributed by atoms with Gasteiger partial charge in [-0.05, 0) is 26.2 Å². The van der Waals surface area contributed by atoms with E-state index < -0.39 is 12.1 Å². The number of hydrogen-bond acceptors (Lipinski definition) is 4. The van der Waals surface area contributed by atoms with E-state index >= 15 is 0 Å². The second-order valence-corrected chi connectivity index (χ2v) is 4.30. The number of methoxy groups -OCH3 is 1. The molecule has 0 rings (SSSR count). The van der Waals surface area contributed by atoms with Crippen LogP contribution in [-0.4, -0.2) is 35.5 Å². The van der Waals surface area contributed by atoms with Crippen LogP contribution in [0.15, 0.2) is 12.2 Å². The maximum Gasteiger partial charge on any atom is 0.330 e. The van der Waals surface area contributed by atoms with E-state index in [4.69, 9.17) is 5.11 Å². The van der Waals surface area contributed by atoms with Crippen molar-refractivity contribution in [3.63, 3.8) is 0 Å². The van der Waals surface area contributed by atoms with Crippen LogP contribution in [0.2, 0.25) is 0 Å². The molecule has 100 valence electrons. The molecule has 0 amide bonds. The fourth-order valence-corrected chi connectivity index (χ4v) is 1.50. The average Bonchev–Trinajstić information content (AvgIpc) is 2.27. The summed E-state index contributed by atoms with van der Waals surface area (Å²) < 4.78 is 4.44. The lowest BCUT2D eigenvalue weighted by Gasteiger charge is -2.08. The number of ether oxygens (including phenoxy) is 1. The monoisotopic (exact) mass is 244 g/mol. The van der Waals surface area contributed by atoms with Crippen molar-refractivity contribution in [1.29, 1.82) is 0 Å². The van der Waals surface area contributed by atoms with Crippen LogP contribution < -0.4 is 0 Å². The minimum atomic E-state index is -0.401. The normalized spacial score (nSPS) is 14.8. The minimum absolute atomic E-state index is 0.233. The Balaban J connectivity index is 3.43. The van der Waals surface area contributed by atoms with Crippen LogP contribution in [0.5, 0.6) is 0 Å². The average molecular weight is 244 g/mol. The first-order chi connectivity index (χ1) is 8.06. The maximum atomic E-state index is 10.7. The van der Waals surface area contributed by atoms with Crippen LogP contribution in [0.4, 0.5) is 0 Å². The summed E-state index contributed by atoms with van der Waals surface area (Å²) in [6.07, 6.45) is 7.30. The molecule has 0 aliphatic heterocycles. The third-order valence-electron chi connectivity index (χ3n) is 2.52. The number of carbonyl (C=O) groups is 1. The van der Waals surface area contributed by atoms with Gasteiger partial charge >= 0.3 is 5.97 Å². The molecule has 0 spiro atoms. The summed E-state index contributed by atoms with van der Waals surface area (Å²) in [5, 5.41) is 18.6. The molecule has 2 atom stereocenters. The highest BCUT2D eigenvalue weighted by Crippen LogP contribution is 2.09. The van der Waals surface area contributed by atoms with E-state index in [0.717, 1.165) is 32.1 Å². The number of carbonyl (C=O) groups excluding carboxylic acids is 1. The van der Waals surface area contributed by atoms with Crippen molar-refractivity contribution < 1.29 is 19.7 Å². The summed E-state index contributed by atoms with van der Waals surface area (Å²) in [7, 11) is 1.32. The first-order valence-corrected chi connectivity index (χ1v) is 6.17. The van der Waals surface area contributed by atoms with Crippen LogP contribution in [0.25, 0.3) is 0 Å². The van der Waals surface area contributed by atoms with Gasteiger partial charge in [0.25, 0.3) is 0 Å². The van der Waals surface area contributed by atoms with Crippen LogP contribution in [0, 0.1) is 0 Å². The number of hydrogen-bond donors (Lipinski definition) is 2. The van der Waals surface area contributed by atoms with Gasteiger partial charge in [-0.3, -0.25) is 0 Å². The third-order valence-corrected chi connectivity index (χ3v) is 2.52. The maximum absolute atomic E-state index is 10.7. The van der Waals surface area contributed by atoms with Crippen molar-refractivity contribution in [3.8, 4) is 0 Å². The summed E-state index contributed by atoms with van der Waals surface area (Å²) in [6.45, 7) is 1.78. The van der Waals surface area contributed by atoms with Gasteiger partial charge in [-0.2, -0.15) is 0 Å². The number of rotatable bonds is 9. The van der Waals surface area contributed by atoms with Gasteiger partial charge in [0, 0.05) is 6.08 Å². The Labute approximate surface area is 103 Å². The third kappa shape index (κ3) is 11.4. The highest BCUT2D eigenvalue weighted by atomic mass is 16.5. The van der Waals surface area contributed by atoms with Gasteiger partial charge in [0.15, 0.2) is 0 Å². The van der Waals surface area contributed by atoms with E-state index in [0.29, 0.717) is 6.42 Å². The Bertz CT molecular complexity index is 223. The molecule has 0 fully saturated rings. The molecule has 4 heteroatoms. The lowest BCUT2D eigenvalue weighted by atomic mass is 10.1. The van der Waals surface area contributed by atoms with Gasteiger partial charge in [-0.25, -0.2) is 4.79 Å². The molecule has 0 saturated carbocycles. The lowest BCUT2D eigenvalue weighted by Crippen LogP contribution is -2.05. The topological polar surface area (TPSA) is 66.8 Å². The van der Waals surface area contributed by atoms with Crippen molar-refractivity contribution in [1.82, 2.24) is 0 Å². The summed E-state index contributed by atoms with van der Waals surface area (Å²) in [4.78, 5) is 10.7. The van der Waals surface area contributed by atoms with Crippen molar-refractivity contribution in [2.75, 3.05) is 7.11 Å². The molecule has 17 heavy (non-hydrogen) atoms. The van der Waals surface area contributed by atoms with Gasteiger partial charge < -0.3 is 14.9 Å². The standard InChI is InChI=1S/C13H24O4/c1-11(14)7-4-3-5-8-12(15)9-6-10-13(16)17-2/h6,10-12,14-15H,3-5,7-9H2,1-2H3. The Morgan fingerprint density at radius 3 is 2.47 bits per heavy atom. The van der Waals surface area contributed by atoms with Gasteiger partial charge in [0.1, 0.15) is 0 Å². The fraction of sp³-hybridized carbons (Fsp3) is 0.769. The Morgan fingerprint density at radius 1 is 1.24 bits per heavy atom. The molecule has 0 heterocycles. The molecular formula is C13H24O4. The molecule has 0 bridgehead atoms. The number of esters is 1.